The van der Waals surface area contributed by atoms with E-state index in [2.05, 4.69) is 6.92 Å². The normalized spacial score (nSPS) is 10.3. The minimum Gasteiger partial charge on any atom is -0.462 e. The van der Waals surface area contributed by atoms with Crippen LogP contribution in [0.15, 0.2) is 54.6 Å². The second-order valence-corrected chi connectivity index (χ2v) is 6.16. The van der Waals surface area contributed by atoms with E-state index in [9.17, 15) is 9.59 Å². The van der Waals surface area contributed by atoms with Crippen LogP contribution in [0.5, 0.6) is 5.75 Å². The van der Waals surface area contributed by atoms with Crippen LogP contribution >= 0.6 is 0 Å². The van der Waals surface area contributed by atoms with Crippen LogP contribution in [0.25, 0.3) is 0 Å². The van der Waals surface area contributed by atoms with Gasteiger partial charge in [0.2, 0.25) is 0 Å². The summed E-state index contributed by atoms with van der Waals surface area (Å²) in [6, 6.07) is 15.3. The highest BCUT2D eigenvalue weighted by Gasteiger charge is 2.17. The molecule has 4 nitrogen and oxygen atoms in total. The van der Waals surface area contributed by atoms with Crippen molar-refractivity contribution in [3.63, 3.8) is 0 Å². The van der Waals surface area contributed by atoms with Crippen LogP contribution < -0.4 is 4.74 Å². The van der Waals surface area contributed by atoms with Crippen LogP contribution in [0, 0.1) is 0 Å². The number of benzene rings is 2. The number of para-hydroxylation sites is 1. The Hall–Kier alpha value is -2.62. The molecule has 0 fully saturated rings. The molecule has 0 spiro atoms. The van der Waals surface area contributed by atoms with E-state index in [1.54, 1.807) is 48.5 Å². The number of esters is 2. The molecule has 2 aromatic carbocycles. The third-order valence-electron chi connectivity index (χ3n) is 4.05. The fraction of sp³-hybridized carbons (Fsp3) is 0.364. The molecule has 0 atom stereocenters. The van der Waals surface area contributed by atoms with E-state index in [-0.39, 0.29) is 11.3 Å². The van der Waals surface area contributed by atoms with Gasteiger partial charge in [-0.1, -0.05) is 69.4 Å². The lowest BCUT2D eigenvalue weighted by Crippen LogP contribution is -2.13. The first-order valence-electron chi connectivity index (χ1n) is 9.25. The zero-order chi connectivity index (χ0) is 18.6. The van der Waals surface area contributed by atoms with Crippen molar-refractivity contribution in [3.8, 4) is 5.75 Å². The van der Waals surface area contributed by atoms with E-state index in [0.717, 1.165) is 19.3 Å². The highest BCUT2D eigenvalue weighted by atomic mass is 16.5. The Morgan fingerprint density at radius 2 is 1.42 bits per heavy atom. The van der Waals surface area contributed by atoms with Gasteiger partial charge in [-0.3, -0.25) is 0 Å². The predicted octanol–water partition coefficient (Wildman–Crippen LogP) is 5.42. The maximum Gasteiger partial charge on any atom is 0.343 e. The summed E-state index contributed by atoms with van der Waals surface area (Å²) in [6.07, 6.45) is 6.76. The van der Waals surface area contributed by atoms with Gasteiger partial charge in [-0.15, -0.1) is 0 Å². The van der Waals surface area contributed by atoms with Gasteiger partial charge in [0.05, 0.1) is 12.2 Å². The average molecular weight is 354 g/mol. The molecule has 0 aliphatic carbocycles. The maximum atomic E-state index is 12.3. The average Bonchev–Trinajstić information content (AvgIpc) is 2.68. The summed E-state index contributed by atoms with van der Waals surface area (Å²) in [5.74, 6) is -0.744. The quantitative estimate of drug-likeness (QED) is 0.325. The smallest absolute Gasteiger partial charge is 0.343 e. The molecule has 0 N–H and O–H groups in total. The second-order valence-electron chi connectivity index (χ2n) is 6.16. The van der Waals surface area contributed by atoms with E-state index >= 15 is 0 Å². The first-order valence-corrected chi connectivity index (χ1v) is 9.25. The third-order valence-corrected chi connectivity index (χ3v) is 4.05. The molecule has 0 heterocycles. The van der Waals surface area contributed by atoms with Crippen LogP contribution in [0.4, 0.5) is 0 Å². The summed E-state index contributed by atoms with van der Waals surface area (Å²) < 4.78 is 10.7. The molecule has 2 aromatic rings. The molecular formula is C22H26O4. The van der Waals surface area contributed by atoms with E-state index in [1.807, 2.05) is 6.07 Å². The molecule has 0 saturated heterocycles. The molecule has 2 rings (SSSR count). The summed E-state index contributed by atoms with van der Waals surface area (Å²) in [7, 11) is 0. The topological polar surface area (TPSA) is 52.6 Å². The molecule has 0 unspecified atom stereocenters. The van der Waals surface area contributed by atoms with E-state index < -0.39 is 11.9 Å². The molecule has 26 heavy (non-hydrogen) atoms. The number of carbonyl (C=O) groups is 2. The van der Waals surface area contributed by atoms with Crippen molar-refractivity contribution in [2.24, 2.45) is 0 Å². The van der Waals surface area contributed by atoms with Gasteiger partial charge in [-0.2, -0.15) is 0 Å². The van der Waals surface area contributed by atoms with Crippen LogP contribution in [0.2, 0.25) is 0 Å². The van der Waals surface area contributed by atoms with Crippen molar-refractivity contribution < 1.29 is 19.1 Å². The molecule has 0 radical (unpaired) electrons. The van der Waals surface area contributed by atoms with Gasteiger partial charge in [-0.25, -0.2) is 9.59 Å². The Kier molecular flexibility index (Phi) is 8.40. The fourth-order valence-corrected chi connectivity index (χ4v) is 2.58. The van der Waals surface area contributed by atoms with Crippen LogP contribution in [0.3, 0.4) is 0 Å². The Bertz CT molecular complexity index is 694. The Labute approximate surface area is 155 Å². The van der Waals surface area contributed by atoms with Crippen molar-refractivity contribution in [2.45, 2.75) is 45.4 Å². The third kappa shape index (κ3) is 6.36. The lowest BCUT2D eigenvalue weighted by Gasteiger charge is -2.10. The molecule has 0 bridgehead atoms. The molecule has 0 amide bonds. The highest BCUT2D eigenvalue weighted by Crippen LogP contribution is 2.20. The predicted molar refractivity (Wildman–Crippen MR) is 102 cm³/mol. The summed E-state index contributed by atoms with van der Waals surface area (Å²) in [4.78, 5) is 24.5. The number of hydrogen-bond acceptors (Lipinski definition) is 4. The Morgan fingerprint density at radius 3 is 2.19 bits per heavy atom. The minimum absolute atomic E-state index is 0.217. The summed E-state index contributed by atoms with van der Waals surface area (Å²) >= 11 is 0. The number of ether oxygens (including phenoxy) is 2. The van der Waals surface area contributed by atoms with Crippen LogP contribution in [-0.2, 0) is 4.74 Å². The standard InChI is InChI=1S/C22H26O4/c1-2-3-4-5-6-12-17-25-22(24)19-15-10-11-16-20(19)26-21(23)18-13-8-7-9-14-18/h7-11,13-16H,2-6,12,17H2,1H3. The summed E-state index contributed by atoms with van der Waals surface area (Å²) in [5.41, 5.74) is 0.700. The largest absolute Gasteiger partial charge is 0.462 e. The van der Waals surface area contributed by atoms with Gasteiger partial charge in [-0.05, 0) is 30.7 Å². The van der Waals surface area contributed by atoms with Crippen LogP contribution in [0.1, 0.15) is 66.2 Å². The van der Waals surface area contributed by atoms with Gasteiger partial charge in [0, 0.05) is 0 Å². The van der Waals surface area contributed by atoms with Crippen molar-refractivity contribution >= 4 is 11.9 Å². The van der Waals surface area contributed by atoms with Crippen molar-refractivity contribution in [1.29, 1.82) is 0 Å². The number of unbranched alkanes of at least 4 members (excludes halogenated alkanes) is 5. The van der Waals surface area contributed by atoms with Crippen molar-refractivity contribution in [1.82, 2.24) is 0 Å². The first kappa shape index (κ1) is 19.7. The molecular weight excluding hydrogens is 328 g/mol. The van der Waals surface area contributed by atoms with Gasteiger partial charge in [0.15, 0.2) is 0 Å². The molecule has 4 heteroatoms. The van der Waals surface area contributed by atoms with Gasteiger partial charge in [0.1, 0.15) is 11.3 Å². The molecule has 138 valence electrons. The zero-order valence-corrected chi connectivity index (χ0v) is 15.3. The van der Waals surface area contributed by atoms with Gasteiger partial charge in [0.25, 0.3) is 0 Å². The molecule has 0 aliphatic heterocycles. The van der Waals surface area contributed by atoms with Crippen molar-refractivity contribution in [2.75, 3.05) is 6.61 Å². The second kappa shape index (κ2) is 11.1. The lowest BCUT2D eigenvalue weighted by atomic mass is 10.1. The van der Waals surface area contributed by atoms with E-state index in [1.165, 1.54) is 19.3 Å². The zero-order valence-electron chi connectivity index (χ0n) is 15.3. The number of hydrogen-bond donors (Lipinski definition) is 0. The van der Waals surface area contributed by atoms with E-state index in [0.29, 0.717) is 12.2 Å². The Balaban J connectivity index is 1.87. The maximum absolute atomic E-state index is 12.3. The summed E-state index contributed by atoms with van der Waals surface area (Å²) in [5, 5.41) is 0. The SMILES string of the molecule is CCCCCCCCOC(=O)c1ccccc1OC(=O)c1ccccc1. The van der Waals surface area contributed by atoms with Gasteiger partial charge >= 0.3 is 11.9 Å². The fourth-order valence-electron chi connectivity index (χ4n) is 2.58. The number of carbonyl (C=O) groups excluding carboxylic acids is 2. The summed E-state index contributed by atoms with van der Waals surface area (Å²) in [6.45, 7) is 2.57. The van der Waals surface area contributed by atoms with E-state index in [4.69, 9.17) is 9.47 Å². The van der Waals surface area contributed by atoms with Crippen LogP contribution in [-0.4, -0.2) is 18.5 Å². The molecule has 0 aliphatic rings. The number of rotatable bonds is 10. The molecule has 0 saturated carbocycles. The molecule has 0 aromatic heterocycles. The first-order chi connectivity index (χ1) is 12.7. The highest BCUT2D eigenvalue weighted by molar-refractivity contribution is 5.96. The Morgan fingerprint density at radius 1 is 0.769 bits per heavy atom. The monoisotopic (exact) mass is 354 g/mol. The van der Waals surface area contributed by atoms with Crippen molar-refractivity contribution in [3.05, 3.63) is 65.7 Å². The lowest BCUT2D eigenvalue weighted by molar-refractivity contribution is 0.0492. The minimum atomic E-state index is -0.498. The van der Waals surface area contributed by atoms with Gasteiger partial charge < -0.3 is 9.47 Å².